The molecular formula is C13H24N4OS. The van der Waals surface area contributed by atoms with Gasteiger partial charge in [0.2, 0.25) is 5.89 Å². The molecular weight excluding hydrogens is 260 g/mol. The van der Waals surface area contributed by atoms with Gasteiger partial charge in [0, 0.05) is 30.6 Å². The Hall–Kier alpha value is -0.750. The SMILES string of the molecule is CCCNC1CSCC1c1nc(N(CC)CC)no1. The standard InChI is InChI=1S/C13H24N4OS/c1-4-7-14-11-9-19-8-10(11)12-15-13(16-18-12)17(5-2)6-3/h10-11,14H,4-9H2,1-3H3. The van der Waals surface area contributed by atoms with Crippen molar-refractivity contribution in [2.75, 3.05) is 36.0 Å². The van der Waals surface area contributed by atoms with Crippen molar-refractivity contribution in [3.63, 3.8) is 0 Å². The molecule has 0 spiro atoms. The molecule has 0 aromatic carbocycles. The molecule has 1 N–H and O–H groups in total. The molecule has 0 bridgehead atoms. The molecule has 108 valence electrons. The van der Waals surface area contributed by atoms with Crippen molar-refractivity contribution < 1.29 is 4.52 Å². The van der Waals surface area contributed by atoms with Crippen molar-refractivity contribution in [3.05, 3.63) is 5.89 Å². The van der Waals surface area contributed by atoms with Crippen LogP contribution in [0.1, 0.15) is 39.0 Å². The molecule has 1 aromatic heterocycles. The van der Waals surface area contributed by atoms with E-state index in [2.05, 4.69) is 41.1 Å². The van der Waals surface area contributed by atoms with Crippen LogP contribution >= 0.6 is 11.8 Å². The Kier molecular flexibility index (Phi) is 5.51. The summed E-state index contributed by atoms with van der Waals surface area (Å²) in [7, 11) is 0. The third-order valence-corrected chi connectivity index (χ3v) is 4.72. The van der Waals surface area contributed by atoms with Crippen LogP contribution in [0.15, 0.2) is 4.52 Å². The fourth-order valence-electron chi connectivity index (χ4n) is 2.34. The molecule has 2 unspecified atom stereocenters. The van der Waals surface area contributed by atoms with Gasteiger partial charge in [-0.25, -0.2) is 0 Å². The Morgan fingerprint density at radius 2 is 2.11 bits per heavy atom. The Morgan fingerprint density at radius 1 is 1.32 bits per heavy atom. The Labute approximate surface area is 119 Å². The van der Waals surface area contributed by atoms with Gasteiger partial charge < -0.3 is 14.7 Å². The lowest BCUT2D eigenvalue weighted by Gasteiger charge is -2.17. The highest BCUT2D eigenvalue weighted by Crippen LogP contribution is 2.32. The molecule has 1 aromatic rings. The minimum absolute atomic E-state index is 0.355. The van der Waals surface area contributed by atoms with E-state index in [0.29, 0.717) is 12.0 Å². The molecule has 1 aliphatic heterocycles. The fourth-order valence-corrected chi connectivity index (χ4v) is 3.71. The largest absolute Gasteiger partial charge is 0.339 e. The molecule has 6 heteroatoms. The van der Waals surface area contributed by atoms with Crippen LogP contribution in [-0.4, -0.2) is 47.3 Å². The maximum absolute atomic E-state index is 5.49. The molecule has 19 heavy (non-hydrogen) atoms. The van der Waals surface area contributed by atoms with Gasteiger partial charge in [-0.05, 0) is 32.0 Å². The Balaban J connectivity index is 2.04. The van der Waals surface area contributed by atoms with Gasteiger partial charge in [-0.2, -0.15) is 16.7 Å². The summed E-state index contributed by atoms with van der Waals surface area (Å²) in [5, 5.41) is 7.70. The van der Waals surface area contributed by atoms with Gasteiger partial charge in [0.15, 0.2) is 0 Å². The molecule has 1 fully saturated rings. The average molecular weight is 284 g/mol. The normalized spacial score (nSPS) is 22.9. The third kappa shape index (κ3) is 3.42. The van der Waals surface area contributed by atoms with Crippen LogP contribution in [0.2, 0.25) is 0 Å². The average Bonchev–Trinajstić information content (AvgIpc) is 3.06. The summed E-state index contributed by atoms with van der Waals surface area (Å²) in [6.45, 7) is 9.28. The zero-order chi connectivity index (χ0) is 13.7. The van der Waals surface area contributed by atoms with E-state index in [9.17, 15) is 0 Å². The zero-order valence-corrected chi connectivity index (χ0v) is 12.9. The predicted molar refractivity (Wildman–Crippen MR) is 80.0 cm³/mol. The van der Waals surface area contributed by atoms with Crippen LogP contribution in [0.25, 0.3) is 0 Å². The summed E-state index contributed by atoms with van der Waals surface area (Å²) in [5.41, 5.74) is 0. The highest BCUT2D eigenvalue weighted by molar-refractivity contribution is 7.99. The second-order valence-electron chi connectivity index (χ2n) is 4.81. The molecule has 2 rings (SSSR count). The smallest absolute Gasteiger partial charge is 0.266 e. The minimum atomic E-state index is 0.355. The van der Waals surface area contributed by atoms with E-state index in [4.69, 9.17) is 4.52 Å². The monoisotopic (exact) mass is 284 g/mol. The van der Waals surface area contributed by atoms with Crippen LogP contribution in [0.3, 0.4) is 0 Å². The molecule has 1 aliphatic rings. The summed E-state index contributed by atoms with van der Waals surface area (Å²) < 4.78 is 5.49. The van der Waals surface area contributed by atoms with Crippen molar-refractivity contribution >= 4 is 17.7 Å². The molecule has 0 saturated carbocycles. The number of anilines is 1. The summed E-state index contributed by atoms with van der Waals surface area (Å²) in [6, 6.07) is 0.468. The van der Waals surface area contributed by atoms with Crippen LogP contribution in [0.4, 0.5) is 5.95 Å². The molecule has 1 saturated heterocycles. The number of nitrogens with zero attached hydrogens (tertiary/aromatic N) is 3. The number of aromatic nitrogens is 2. The first-order chi connectivity index (χ1) is 9.30. The molecule has 5 nitrogen and oxygen atoms in total. The minimum Gasteiger partial charge on any atom is -0.339 e. The van der Waals surface area contributed by atoms with Crippen molar-refractivity contribution in [1.29, 1.82) is 0 Å². The van der Waals surface area contributed by atoms with Crippen molar-refractivity contribution in [2.24, 2.45) is 0 Å². The van der Waals surface area contributed by atoms with E-state index in [1.807, 2.05) is 11.8 Å². The van der Waals surface area contributed by atoms with Gasteiger partial charge in [0.25, 0.3) is 5.95 Å². The van der Waals surface area contributed by atoms with E-state index in [-0.39, 0.29) is 0 Å². The quantitative estimate of drug-likeness (QED) is 0.827. The summed E-state index contributed by atoms with van der Waals surface area (Å²) in [6.07, 6.45) is 1.16. The van der Waals surface area contributed by atoms with E-state index in [0.717, 1.165) is 49.4 Å². The van der Waals surface area contributed by atoms with Crippen molar-refractivity contribution in [1.82, 2.24) is 15.5 Å². The lowest BCUT2D eigenvalue weighted by molar-refractivity contribution is 0.338. The molecule has 0 radical (unpaired) electrons. The molecule has 0 amide bonds. The van der Waals surface area contributed by atoms with Gasteiger partial charge in [-0.15, -0.1) is 0 Å². The van der Waals surface area contributed by atoms with Crippen LogP contribution in [-0.2, 0) is 0 Å². The van der Waals surface area contributed by atoms with Gasteiger partial charge in [0.1, 0.15) is 0 Å². The van der Waals surface area contributed by atoms with Gasteiger partial charge in [0.05, 0.1) is 5.92 Å². The second-order valence-corrected chi connectivity index (χ2v) is 5.88. The van der Waals surface area contributed by atoms with E-state index in [1.54, 1.807) is 0 Å². The zero-order valence-electron chi connectivity index (χ0n) is 12.1. The fraction of sp³-hybridized carbons (Fsp3) is 0.846. The van der Waals surface area contributed by atoms with Gasteiger partial charge in [-0.3, -0.25) is 0 Å². The first kappa shape index (κ1) is 14.7. The van der Waals surface area contributed by atoms with Crippen LogP contribution < -0.4 is 10.2 Å². The second kappa shape index (κ2) is 7.14. The van der Waals surface area contributed by atoms with Crippen LogP contribution in [0, 0.1) is 0 Å². The number of rotatable bonds is 7. The van der Waals surface area contributed by atoms with Crippen molar-refractivity contribution in [2.45, 2.75) is 39.2 Å². The predicted octanol–water partition coefficient (Wildman–Crippen LogP) is 2.11. The number of nitrogens with one attached hydrogen (secondary N) is 1. The highest BCUT2D eigenvalue weighted by Gasteiger charge is 2.33. The number of thioether (sulfide) groups is 1. The lowest BCUT2D eigenvalue weighted by Crippen LogP contribution is -2.34. The summed E-state index contributed by atoms with van der Waals surface area (Å²) >= 11 is 1.96. The van der Waals surface area contributed by atoms with E-state index in [1.165, 1.54) is 0 Å². The lowest BCUT2D eigenvalue weighted by atomic mass is 10.0. The summed E-state index contributed by atoms with van der Waals surface area (Å²) in [5.74, 6) is 4.08. The van der Waals surface area contributed by atoms with Gasteiger partial charge in [-0.1, -0.05) is 6.92 Å². The summed E-state index contributed by atoms with van der Waals surface area (Å²) in [4.78, 5) is 6.70. The Bertz CT molecular complexity index is 380. The van der Waals surface area contributed by atoms with Crippen LogP contribution in [0.5, 0.6) is 0 Å². The first-order valence-corrected chi connectivity index (χ1v) is 8.35. The van der Waals surface area contributed by atoms with Crippen molar-refractivity contribution in [3.8, 4) is 0 Å². The molecule has 2 atom stereocenters. The highest BCUT2D eigenvalue weighted by atomic mass is 32.2. The maximum Gasteiger partial charge on any atom is 0.266 e. The first-order valence-electron chi connectivity index (χ1n) is 7.19. The molecule has 2 heterocycles. The van der Waals surface area contributed by atoms with Gasteiger partial charge >= 0.3 is 0 Å². The Morgan fingerprint density at radius 3 is 2.79 bits per heavy atom. The molecule has 0 aliphatic carbocycles. The third-order valence-electron chi connectivity index (χ3n) is 3.53. The van der Waals surface area contributed by atoms with E-state index >= 15 is 0 Å². The maximum atomic E-state index is 5.49. The number of hydrogen-bond donors (Lipinski definition) is 1. The topological polar surface area (TPSA) is 54.2 Å². The van der Waals surface area contributed by atoms with E-state index < -0.39 is 0 Å². The number of hydrogen-bond acceptors (Lipinski definition) is 6.